The highest BCUT2D eigenvalue weighted by atomic mass is 79.9. The van der Waals surface area contributed by atoms with Crippen LogP contribution in [0.15, 0.2) is 28.9 Å². The van der Waals surface area contributed by atoms with Crippen molar-refractivity contribution >= 4 is 33.3 Å². The number of aromatic amines is 1. The lowest BCUT2D eigenvalue weighted by atomic mass is 10.1. The first-order valence-corrected chi connectivity index (χ1v) is 4.91. The Bertz CT molecular complexity index is 464. The van der Waals surface area contributed by atoms with Crippen molar-refractivity contribution in [2.45, 2.75) is 6.61 Å². The van der Waals surface area contributed by atoms with Gasteiger partial charge in [0.15, 0.2) is 0 Å². The molecule has 1 aromatic carbocycles. The Morgan fingerprint density at radius 3 is 3.14 bits per heavy atom. The van der Waals surface area contributed by atoms with Gasteiger partial charge in [-0.3, -0.25) is 4.79 Å². The maximum atomic E-state index is 10.1. The number of carbonyl (C=O) groups is 1. The van der Waals surface area contributed by atoms with Crippen molar-refractivity contribution in [3.8, 4) is 0 Å². The summed E-state index contributed by atoms with van der Waals surface area (Å²) in [6, 6.07) is 5.89. The molecular weight excluding hydrogens is 246 g/mol. The van der Waals surface area contributed by atoms with Crippen molar-refractivity contribution in [3.63, 3.8) is 0 Å². The number of ether oxygens (including phenoxy) is 1. The highest BCUT2D eigenvalue weighted by molar-refractivity contribution is 9.10. The van der Waals surface area contributed by atoms with Crippen LogP contribution in [0.5, 0.6) is 0 Å². The van der Waals surface area contributed by atoms with Crippen molar-refractivity contribution in [1.29, 1.82) is 0 Å². The van der Waals surface area contributed by atoms with Gasteiger partial charge in [-0.25, -0.2) is 0 Å². The summed E-state index contributed by atoms with van der Waals surface area (Å²) in [6.45, 7) is 0.761. The van der Waals surface area contributed by atoms with Gasteiger partial charge in [0.2, 0.25) is 0 Å². The van der Waals surface area contributed by atoms with Crippen LogP contribution in [0.25, 0.3) is 10.9 Å². The largest absolute Gasteiger partial charge is 0.463 e. The van der Waals surface area contributed by atoms with Crippen molar-refractivity contribution < 1.29 is 9.53 Å². The predicted octanol–water partition coefficient (Wildman–Crippen LogP) is 2.60. The Balaban J connectivity index is 2.49. The van der Waals surface area contributed by atoms with Crippen molar-refractivity contribution in [3.05, 3.63) is 34.4 Å². The Hall–Kier alpha value is -1.29. The van der Waals surface area contributed by atoms with Gasteiger partial charge in [0.05, 0.1) is 0 Å². The smallest absolute Gasteiger partial charge is 0.293 e. The molecule has 0 aliphatic rings. The van der Waals surface area contributed by atoms with E-state index in [9.17, 15) is 4.79 Å². The topological polar surface area (TPSA) is 42.1 Å². The van der Waals surface area contributed by atoms with E-state index in [1.165, 1.54) is 0 Å². The minimum Gasteiger partial charge on any atom is -0.463 e. The lowest BCUT2D eigenvalue weighted by Crippen LogP contribution is -1.90. The number of hydrogen-bond donors (Lipinski definition) is 1. The number of aromatic nitrogens is 1. The minimum absolute atomic E-state index is 0.303. The summed E-state index contributed by atoms with van der Waals surface area (Å²) >= 11 is 3.40. The predicted molar refractivity (Wildman–Crippen MR) is 56.9 cm³/mol. The van der Waals surface area contributed by atoms with Gasteiger partial charge in [-0.1, -0.05) is 15.9 Å². The average molecular weight is 254 g/mol. The summed E-state index contributed by atoms with van der Waals surface area (Å²) in [5.74, 6) is 0. The molecule has 1 N–H and O–H groups in total. The maximum absolute atomic E-state index is 10.1. The summed E-state index contributed by atoms with van der Waals surface area (Å²) < 4.78 is 5.71. The standard InChI is InChI=1S/C10H8BrNO2/c11-8-3-7(5-14-6-13)9-1-2-12-10(9)4-8/h1-4,6,12H,5H2. The summed E-state index contributed by atoms with van der Waals surface area (Å²) in [4.78, 5) is 13.2. The zero-order valence-corrected chi connectivity index (χ0v) is 8.87. The normalized spacial score (nSPS) is 10.4. The van der Waals surface area contributed by atoms with Crippen LogP contribution in [-0.2, 0) is 16.1 Å². The molecule has 3 nitrogen and oxygen atoms in total. The molecule has 0 unspecified atom stereocenters. The number of benzene rings is 1. The second-order valence-electron chi connectivity index (χ2n) is 2.91. The van der Waals surface area contributed by atoms with Crippen molar-refractivity contribution in [2.75, 3.05) is 0 Å². The van der Waals surface area contributed by atoms with Crippen LogP contribution in [-0.4, -0.2) is 11.5 Å². The van der Waals surface area contributed by atoms with E-state index in [4.69, 9.17) is 4.74 Å². The van der Waals surface area contributed by atoms with E-state index >= 15 is 0 Å². The number of carbonyl (C=O) groups excluding carboxylic acids is 1. The van der Waals surface area contributed by atoms with Crippen molar-refractivity contribution in [1.82, 2.24) is 4.98 Å². The molecule has 0 spiro atoms. The Kier molecular flexibility index (Phi) is 2.54. The fourth-order valence-electron chi connectivity index (χ4n) is 1.45. The van der Waals surface area contributed by atoms with Crippen LogP contribution in [0.3, 0.4) is 0 Å². The molecule has 4 heteroatoms. The van der Waals surface area contributed by atoms with E-state index in [1.54, 1.807) is 0 Å². The van der Waals surface area contributed by atoms with Gasteiger partial charge in [0.1, 0.15) is 6.61 Å². The fraction of sp³-hybridized carbons (Fsp3) is 0.100. The highest BCUT2D eigenvalue weighted by Crippen LogP contribution is 2.23. The Morgan fingerprint density at radius 1 is 1.50 bits per heavy atom. The van der Waals surface area contributed by atoms with Crippen LogP contribution in [0.4, 0.5) is 0 Å². The first kappa shape index (κ1) is 9.27. The quantitative estimate of drug-likeness (QED) is 0.855. The molecule has 2 rings (SSSR count). The molecule has 1 heterocycles. The van der Waals surface area contributed by atoms with Gasteiger partial charge >= 0.3 is 0 Å². The molecule has 0 fully saturated rings. The summed E-state index contributed by atoms with van der Waals surface area (Å²) in [5, 5.41) is 1.08. The summed E-state index contributed by atoms with van der Waals surface area (Å²) in [6.07, 6.45) is 1.86. The molecule has 2 aromatic rings. The van der Waals surface area contributed by atoms with Crippen LogP contribution in [0, 0.1) is 0 Å². The number of nitrogens with one attached hydrogen (secondary N) is 1. The number of rotatable bonds is 3. The molecule has 0 saturated heterocycles. The summed E-state index contributed by atoms with van der Waals surface area (Å²) in [7, 11) is 0. The minimum atomic E-state index is 0.303. The number of H-pyrrole nitrogens is 1. The molecule has 0 saturated carbocycles. The second kappa shape index (κ2) is 3.84. The molecule has 0 radical (unpaired) electrons. The Labute approximate surface area is 89.2 Å². The van der Waals surface area contributed by atoms with Gasteiger partial charge < -0.3 is 9.72 Å². The lowest BCUT2D eigenvalue weighted by molar-refractivity contribution is -0.129. The number of fused-ring (bicyclic) bond motifs is 1. The second-order valence-corrected chi connectivity index (χ2v) is 3.83. The lowest BCUT2D eigenvalue weighted by Gasteiger charge is -2.02. The Morgan fingerprint density at radius 2 is 2.36 bits per heavy atom. The van der Waals surface area contributed by atoms with Gasteiger partial charge in [0, 0.05) is 21.6 Å². The first-order chi connectivity index (χ1) is 6.81. The highest BCUT2D eigenvalue weighted by Gasteiger charge is 2.03. The number of hydrogen-bond acceptors (Lipinski definition) is 2. The molecule has 0 bridgehead atoms. The SMILES string of the molecule is O=COCc1cc(Br)cc2[nH]ccc12. The van der Waals surface area contributed by atoms with Crippen LogP contribution >= 0.6 is 15.9 Å². The van der Waals surface area contributed by atoms with Gasteiger partial charge in [-0.05, 0) is 23.8 Å². The molecule has 72 valence electrons. The molecule has 0 aliphatic carbocycles. The molecule has 1 aromatic heterocycles. The van der Waals surface area contributed by atoms with E-state index in [1.807, 2.05) is 24.4 Å². The monoisotopic (exact) mass is 253 g/mol. The fourth-order valence-corrected chi connectivity index (χ4v) is 1.95. The third-order valence-electron chi connectivity index (χ3n) is 2.03. The average Bonchev–Trinajstić information content (AvgIpc) is 2.61. The third kappa shape index (κ3) is 1.65. The van der Waals surface area contributed by atoms with Crippen molar-refractivity contribution in [2.24, 2.45) is 0 Å². The molecule has 14 heavy (non-hydrogen) atoms. The molecular formula is C10H8BrNO2. The van der Waals surface area contributed by atoms with E-state index in [2.05, 4.69) is 20.9 Å². The summed E-state index contributed by atoms with van der Waals surface area (Å²) in [5.41, 5.74) is 2.02. The van der Waals surface area contributed by atoms with Gasteiger partial charge in [-0.15, -0.1) is 0 Å². The number of halogens is 1. The molecule has 0 atom stereocenters. The van der Waals surface area contributed by atoms with E-state index in [0.29, 0.717) is 13.1 Å². The van der Waals surface area contributed by atoms with E-state index < -0.39 is 0 Å². The van der Waals surface area contributed by atoms with E-state index in [-0.39, 0.29) is 0 Å². The van der Waals surface area contributed by atoms with Gasteiger partial charge in [0.25, 0.3) is 6.47 Å². The van der Waals surface area contributed by atoms with Crippen LogP contribution in [0.2, 0.25) is 0 Å². The zero-order chi connectivity index (χ0) is 9.97. The molecule has 0 aliphatic heterocycles. The first-order valence-electron chi connectivity index (χ1n) is 4.12. The van der Waals surface area contributed by atoms with E-state index in [0.717, 1.165) is 20.9 Å². The van der Waals surface area contributed by atoms with Crippen LogP contribution < -0.4 is 0 Å². The maximum Gasteiger partial charge on any atom is 0.293 e. The third-order valence-corrected chi connectivity index (χ3v) is 2.48. The van der Waals surface area contributed by atoms with Gasteiger partial charge in [-0.2, -0.15) is 0 Å². The molecule has 0 amide bonds. The van der Waals surface area contributed by atoms with Crippen LogP contribution in [0.1, 0.15) is 5.56 Å². The zero-order valence-electron chi connectivity index (χ0n) is 7.29.